The molecule has 0 bridgehead atoms. The number of hydrogen-bond donors (Lipinski definition) is 1. The van der Waals surface area contributed by atoms with E-state index in [9.17, 15) is 14.4 Å². The van der Waals surface area contributed by atoms with Gasteiger partial charge in [-0.3, -0.25) is 9.59 Å². The van der Waals surface area contributed by atoms with E-state index in [-0.39, 0.29) is 35.7 Å². The van der Waals surface area contributed by atoms with Gasteiger partial charge < -0.3 is 29.2 Å². The summed E-state index contributed by atoms with van der Waals surface area (Å²) >= 11 is 0. The van der Waals surface area contributed by atoms with Gasteiger partial charge in [0.05, 0.1) is 38.0 Å². The lowest BCUT2D eigenvalue weighted by atomic mass is 10.0. The molecule has 0 spiro atoms. The van der Waals surface area contributed by atoms with Crippen LogP contribution in [-0.4, -0.2) is 62.8 Å². The Bertz CT molecular complexity index is 1230. The van der Waals surface area contributed by atoms with E-state index in [0.29, 0.717) is 30.1 Å². The molecule has 2 aromatic rings. The van der Waals surface area contributed by atoms with Crippen molar-refractivity contribution in [3.05, 3.63) is 76.5 Å². The summed E-state index contributed by atoms with van der Waals surface area (Å²) in [5, 5.41) is 2.82. The van der Waals surface area contributed by atoms with Gasteiger partial charge in [-0.25, -0.2) is 4.79 Å². The van der Waals surface area contributed by atoms with Crippen LogP contribution in [0.1, 0.15) is 30.9 Å². The summed E-state index contributed by atoms with van der Waals surface area (Å²) in [6, 6.07) is 14.3. The lowest BCUT2D eigenvalue weighted by molar-refractivity contribution is -0.136. The molecule has 38 heavy (non-hydrogen) atoms. The summed E-state index contributed by atoms with van der Waals surface area (Å²) < 4.78 is 21.3. The average Bonchev–Trinajstić information content (AvgIpc) is 3.54. The molecule has 2 aromatic carbocycles. The van der Waals surface area contributed by atoms with Crippen molar-refractivity contribution in [2.24, 2.45) is 0 Å². The Morgan fingerprint density at radius 2 is 1.79 bits per heavy atom. The van der Waals surface area contributed by atoms with Gasteiger partial charge in [-0.05, 0) is 61.2 Å². The van der Waals surface area contributed by atoms with Crippen LogP contribution in [0, 0.1) is 0 Å². The smallest absolute Gasteiger partial charge is 0.340 e. The first-order valence-corrected chi connectivity index (χ1v) is 12.5. The van der Waals surface area contributed by atoms with E-state index in [4.69, 9.17) is 18.9 Å². The third-order valence-corrected chi connectivity index (χ3v) is 6.51. The summed E-state index contributed by atoms with van der Waals surface area (Å²) in [7, 11) is 2.88. The molecule has 2 amide bonds. The number of esters is 1. The zero-order chi connectivity index (χ0) is 27.1. The quantitative estimate of drug-likeness (QED) is 0.379. The standard InChI is InChI=1S/C29H32N2O7/c1-19-27(29(34)36-3)25(28(33)31(19)17-21-8-10-22(35-2)11-9-21)15-20-6-12-23(13-7-20)38-18-26(32)30-16-24-5-4-14-37-24/h6-13,15,24H,4-5,14,16-18H2,1-3H3,(H,30,32)/b25-15-/t24-/m1/s1. The van der Waals surface area contributed by atoms with Crippen molar-refractivity contribution >= 4 is 23.9 Å². The minimum absolute atomic E-state index is 0.0734. The topological polar surface area (TPSA) is 103 Å². The number of rotatable bonds is 10. The van der Waals surface area contributed by atoms with Crippen molar-refractivity contribution < 1.29 is 33.3 Å². The zero-order valence-corrected chi connectivity index (χ0v) is 21.8. The van der Waals surface area contributed by atoms with Crippen LogP contribution in [0.3, 0.4) is 0 Å². The van der Waals surface area contributed by atoms with Gasteiger partial charge in [-0.15, -0.1) is 0 Å². The molecule has 0 unspecified atom stereocenters. The molecule has 0 radical (unpaired) electrons. The van der Waals surface area contributed by atoms with E-state index < -0.39 is 5.97 Å². The number of allylic oxidation sites excluding steroid dienone is 1. The van der Waals surface area contributed by atoms with Crippen LogP contribution < -0.4 is 14.8 Å². The molecule has 1 atom stereocenters. The van der Waals surface area contributed by atoms with E-state index >= 15 is 0 Å². The van der Waals surface area contributed by atoms with Crippen molar-refractivity contribution in [3.63, 3.8) is 0 Å². The van der Waals surface area contributed by atoms with E-state index in [0.717, 1.165) is 30.8 Å². The van der Waals surface area contributed by atoms with Gasteiger partial charge in [-0.2, -0.15) is 0 Å². The predicted octanol–water partition coefficient (Wildman–Crippen LogP) is 3.24. The number of nitrogens with zero attached hydrogens (tertiary/aromatic N) is 1. The second-order valence-electron chi connectivity index (χ2n) is 9.05. The van der Waals surface area contributed by atoms with Gasteiger partial charge >= 0.3 is 5.97 Å². The van der Waals surface area contributed by atoms with Crippen LogP contribution >= 0.6 is 0 Å². The molecule has 1 N–H and O–H groups in total. The van der Waals surface area contributed by atoms with Gasteiger partial charge in [-0.1, -0.05) is 24.3 Å². The highest BCUT2D eigenvalue weighted by Crippen LogP contribution is 2.33. The van der Waals surface area contributed by atoms with Crippen molar-refractivity contribution in [1.82, 2.24) is 10.2 Å². The zero-order valence-electron chi connectivity index (χ0n) is 21.8. The predicted molar refractivity (Wildman–Crippen MR) is 140 cm³/mol. The van der Waals surface area contributed by atoms with Crippen LogP contribution in [0.5, 0.6) is 11.5 Å². The Morgan fingerprint density at radius 3 is 2.42 bits per heavy atom. The molecule has 1 fully saturated rings. The molecule has 0 aliphatic carbocycles. The van der Waals surface area contributed by atoms with Crippen LogP contribution in [0.4, 0.5) is 0 Å². The number of benzene rings is 2. The number of methoxy groups -OCH3 is 2. The van der Waals surface area contributed by atoms with Gasteiger partial charge in [0.15, 0.2) is 6.61 Å². The third kappa shape index (κ3) is 6.41. The average molecular weight is 521 g/mol. The maximum atomic E-state index is 13.4. The summed E-state index contributed by atoms with van der Waals surface area (Å²) in [5.74, 6) is 0.147. The molecule has 9 heteroatoms. The largest absolute Gasteiger partial charge is 0.497 e. The number of amides is 2. The molecule has 2 heterocycles. The van der Waals surface area contributed by atoms with E-state index in [2.05, 4.69) is 5.32 Å². The van der Waals surface area contributed by atoms with Gasteiger partial charge in [0.2, 0.25) is 0 Å². The first-order valence-electron chi connectivity index (χ1n) is 12.5. The Morgan fingerprint density at radius 1 is 1.08 bits per heavy atom. The van der Waals surface area contributed by atoms with Gasteiger partial charge in [0, 0.05) is 18.8 Å². The fourth-order valence-corrected chi connectivity index (χ4v) is 4.39. The van der Waals surface area contributed by atoms with Crippen molar-refractivity contribution in [2.45, 2.75) is 32.4 Å². The molecule has 2 aliphatic heterocycles. The summed E-state index contributed by atoms with van der Waals surface area (Å²) in [6.07, 6.45) is 3.70. The maximum Gasteiger partial charge on any atom is 0.340 e. The Hall–Kier alpha value is -4.11. The summed E-state index contributed by atoms with van der Waals surface area (Å²) in [6.45, 7) is 3.14. The third-order valence-electron chi connectivity index (χ3n) is 6.51. The Kier molecular flexibility index (Phi) is 8.81. The SMILES string of the molecule is COC(=O)C1=C(C)N(Cc2ccc(OC)cc2)C(=O)/C1=C\c1ccc(OCC(=O)NC[C@H]2CCCO2)cc1. The fraction of sp³-hybridized carbons (Fsp3) is 0.345. The molecular weight excluding hydrogens is 488 g/mol. The second-order valence-corrected chi connectivity index (χ2v) is 9.05. The summed E-state index contributed by atoms with van der Waals surface area (Å²) in [4.78, 5) is 39.6. The summed E-state index contributed by atoms with van der Waals surface area (Å²) in [5.41, 5.74) is 2.60. The van der Waals surface area contributed by atoms with Crippen LogP contribution in [0.15, 0.2) is 65.4 Å². The lowest BCUT2D eigenvalue weighted by Gasteiger charge is -2.18. The number of carbonyl (C=O) groups is 3. The molecule has 4 rings (SSSR count). The molecule has 2 aliphatic rings. The minimum Gasteiger partial charge on any atom is -0.497 e. The molecule has 200 valence electrons. The molecule has 9 nitrogen and oxygen atoms in total. The van der Waals surface area contributed by atoms with Gasteiger partial charge in [0.1, 0.15) is 11.5 Å². The highest BCUT2D eigenvalue weighted by Gasteiger charge is 2.37. The molecular formula is C29H32N2O7. The molecule has 1 saturated heterocycles. The fourth-order valence-electron chi connectivity index (χ4n) is 4.39. The Labute approximate surface area is 222 Å². The first kappa shape index (κ1) is 26.9. The van der Waals surface area contributed by atoms with E-state index in [1.165, 1.54) is 7.11 Å². The second kappa shape index (κ2) is 12.4. The van der Waals surface area contributed by atoms with Gasteiger partial charge in [0.25, 0.3) is 11.8 Å². The lowest BCUT2D eigenvalue weighted by Crippen LogP contribution is -2.35. The molecule has 0 aromatic heterocycles. The normalized spacial score (nSPS) is 18.2. The van der Waals surface area contributed by atoms with Crippen molar-refractivity contribution in [2.75, 3.05) is 34.0 Å². The highest BCUT2D eigenvalue weighted by atomic mass is 16.5. The maximum absolute atomic E-state index is 13.4. The Balaban J connectivity index is 1.43. The first-order chi connectivity index (χ1) is 18.4. The van der Waals surface area contributed by atoms with E-state index in [1.807, 2.05) is 24.3 Å². The van der Waals surface area contributed by atoms with Crippen molar-refractivity contribution in [1.29, 1.82) is 0 Å². The molecule has 0 saturated carbocycles. The number of carbonyl (C=O) groups excluding carboxylic acids is 3. The van der Waals surface area contributed by atoms with Crippen molar-refractivity contribution in [3.8, 4) is 11.5 Å². The minimum atomic E-state index is -0.576. The van der Waals surface area contributed by atoms with E-state index in [1.54, 1.807) is 49.3 Å². The van der Waals surface area contributed by atoms with Crippen LogP contribution in [0.2, 0.25) is 0 Å². The number of hydrogen-bond acceptors (Lipinski definition) is 7. The number of ether oxygens (including phenoxy) is 4. The van der Waals surface area contributed by atoms with Crippen LogP contribution in [-0.2, 0) is 30.4 Å². The highest BCUT2D eigenvalue weighted by molar-refractivity contribution is 6.16. The van der Waals surface area contributed by atoms with Crippen LogP contribution in [0.25, 0.3) is 6.08 Å². The number of nitrogens with one attached hydrogen (secondary N) is 1. The monoisotopic (exact) mass is 520 g/mol.